The van der Waals surface area contributed by atoms with Crippen LogP contribution in [0.25, 0.3) is 0 Å². The number of hydrogen-bond acceptors (Lipinski definition) is 6. The molecule has 0 unspecified atom stereocenters. The van der Waals surface area contributed by atoms with Gasteiger partial charge in [0.05, 0.1) is 0 Å². The second-order valence-electron chi connectivity index (χ2n) is 7.90. The molecule has 6 heteroatoms. The van der Waals surface area contributed by atoms with Gasteiger partial charge in [0, 0.05) is 11.1 Å². The topological polar surface area (TPSA) is 105 Å². The molecule has 0 heterocycles. The lowest BCUT2D eigenvalue weighted by molar-refractivity contribution is 0.399. The molecule has 176 valence electrons. The average molecular weight is 443 g/mol. The van der Waals surface area contributed by atoms with Crippen molar-refractivity contribution in [3.8, 4) is 23.0 Å². The summed E-state index contributed by atoms with van der Waals surface area (Å²) in [5, 5.41) is 46.0. The van der Waals surface area contributed by atoms with Crippen LogP contribution >= 0.6 is 0 Å². The number of aromatic hydroxyl groups is 4. The number of benzene rings is 2. The fourth-order valence-electron chi connectivity index (χ4n) is 3.89. The van der Waals surface area contributed by atoms with E-state index in [2.05, 4.69) is 22.8 Å². The average Bonchev–Trinajstić information content (AvgIpc) is 2.79. The van der Waals surface area contributed by atoms with Gasteiger partial charge in [-0.25, -0.2) is 0 Å². The summed E-state index contributed by atoms with van der Waals surface area (Å²) in [5.74, 6) is -0.0887. The summed E-state index contributed by atoms with van der Waals surface area (Å²) in [6.07, 6.45) is 9.35. The van der Waals surface area contributed by atoms with E-state index >= 15 is 0 Å². The lowest BCUT2D eigenvalue weighted by atomic mass is 10.0. The van der Waals surface area contributed by atoms with Crippen molar-refractivity contribution in [2.45, 2.75) is 52.4 Å². The van der Waals surface area contributed by atoms with Gasteiger partial charge in [-0.15, -0.1) is 0 Å². The quantitative estimate of drug-likeness (QED) is 0.150. The molecular formula is C26H38N2O4. The SMILES string of the molecule is CCc1c(CCNCCC=CCCNCCc2ccc(O)c(O)c2CC)ccc(O)c1O. The van der Waals surface area contributed by atoms with E-state index < -0.39 is 0 Å². The number of nitrogens with one attached hydrogen (secondary N) is 2. The zero-order valence-electron chi connectivity index (χ0n) is 19.3. The van der Waals surface area contributed by atoms with E-state index in [1.165, 1.54) is 0 Å². The molecule has 6 nitrogen and oxygen atoms in total. The first-order chi connectivity index (χ1) is 15.5. The Balaban J connectivity index is 1.55. The minimum absolute atomic E-state index is 0.00793. The molecule has 0 fully saturated rings. The molecule has 0 saturated carbocycles. The van der Waals surface area contributed by atoms with E-state index in [0.717, 1.165) is 74.1 Å². The van der Waals surface area contributed by atoms with Crippen LogP contribution in [0.5, 0.6) is 23.0 Å². The highest BCUT2D eigenvalue weighted by atomic mass is 16.3. The molecule has 0 spiro atoms. The molecule has 0 radical (unpaired) electrons. The van der Waals surface area contributed by atoms with Gasteiger partial charge < -0.3 is 31.1 Å². The van der Waals surface area contributed by atoms with Crippen LogP contribution in [-0.2, 0) is 25.7 Å². The Morgan fingerprint density at radius 2 is 1.03 bits per heavy atom. The summed E-state index contributed by atoms with van der Waals surface area (Å²) in [6, 6.07) is 6.88. The lowest BCUT2D eigenvalue weighted by Crippen LogP contribution is -2.19. The molecule has 0 aliphatic rings. The molecular weight excluding hydrogens is 404 g/mol. The summed E-state index contributed by atoms with van der Waals surface area (Å²) in [6.45, 7) is 7.43. The smallest absolute Gasteiger partial charge is 0.160 e. The van der Waals surface area contributed by atoms with Gasteiger partial charge >= 0.3 is 0 Å². The molecule has 0 amide bonds. The van der Waals surface area contributed by atoms with E-state index in [-0.39, 0.29) is 23.0 Å². The zero-order chi connectivity index (χ0) is 23.3. The van der Waals surface area contributed by atoms with Crippen molar-refractivity contribution in [1.29, 1.82) is 0 Å². The monoisotopic (exact) mass is 442 g/mol. The van der Waals surface area contributed by atoms with E-state index in [4.69, 9.17) is 0 Å². The highest BCUT2D eigenvalue weighted by Crippen LogP contribution is 2.32. The number of phenolic OH excluding ortho intramolecular Hbond substituents is 4. The fourth-order valence-corrected chi connectivity index (χ4v) is 3.89. The van der Waals surface area contributed by atoms with Crippen LogP contribution in [-0.4, -0.2) is 46.6 Å². The highest BCUT2D eigenvalue weighted by Gasteiger charge is 2.11. The molecule has 0 aliphatic carbocycles. The third kappa shape index (κ3) is 7.46. The maximum absolute atomic E-state index is 9.95. The molecule has 0 bridgehead atoms. The summed E-state index contributed by atoms with van der Waals surface area (Å²) in [7, 11) is 0. The van der Waals surface area contributed by atoms with Gasteiger partial charge in [0.15, 0.2) is 23.0 Å². The van der Waals surface area contributed by atoms with Crippen LogP contribution in [0.2, 0.25) is 0 Å². The van der Waals surface area contributed by atoms with Crippen LogP contribution in [0.4, 0.5) is 0 Å². The number of rotatable bonds is 14. The third-order valence-corrected chi connectivity index (χ3v) is 5.71. The largest absolute Gasteiger partial charge is 0.504 e. The number of phenols is 4. The van der Waals surface area contributed by atoms with Crippen LogP contribution in [0.1, 0.15) is 48.9 Å². The van der Waals surface area contributed by atoms with Gasteiger partial charge in [-0.1, -0.05) is 38.1 Å². The second kappa shape index (κ2) is 13.7. The minimum atomic E-state index is -0.0523. The van der Waals surface area contributed by atoms with Crippen molar-refractivity contribution >= 4 is 0 Å². The molecule has 2 aromatic carbocycles. The van der Waals surface area contributed by atoms with Crippen molar-refractivity contribution in [3.63, 3.8) is 0 Å². The van der Waals surface area contributed by atoms with Crippen LogP contribution in [0.15, 0.2) is 36.4 Å². The molecule has 32 heavy (non-hydrogen) atoms. The maximum atomic E-state index is 9.95. The van der Waals surface area contributed by atoms with E-state index in [1.807, 2.05) is 26.0 Å². The van der Waals surface area contributed by atoms with Crippen molar-refractivity contribution in [3.05, 3.63) is 58.7 Å². The molecule has 0 aliphatic heterocycles. The first-order valence-corrected chi connectivity index (χ1v) is 11.6. The summed E-state index contributed by atoms with van der Waals surface area (Å²) >= 11 is 0. The van der Waals surface area contributed by atoms with E-state index in [1.54, 1.807) is 12.1 Å². The first-order valence-electron chi connectivity index (χ1n) is 11.6. The van der Waals surface area contributed by atoms with Gasteiger partial charge in [0.25, 0.3) is 0 Å². The summed E-state index contributed by atoms with van der Waals surface area (Å²) < 4.78 is 0. The highest BCUT2D eigenvalue weighted by molar-refractivity contribution is 5.49. The Morgan fingerprint density at radius 3 is 1.41 bits per heavy atom. The van der Waals surface area contributed by atoms with Crippen molar-refractivity contribution in [2.75, 3.05) is 26.2 Å². The maximum Gasteiger partial charge on any atom is 0.160 e. The van der Waals surface area contributed by atoms with Gasteiger partial charge in [-0.2, -0.15) is 0 Å². The summed E-state index contributed by atoms with van der Waals surface area (Å²) in [4.78, 5) is 0. The van der Waals surface area contributed by atoms with Crippen molar-refractivity contribution < 1.29 is 20.4 Å². The lowest BCUT2D eigenvalue weighted by Gasteiger charge is -2.11. The Labute approximate surface area is 191 Å². The first kappa shape index (κ1) is 25.6. The Hall–Kier alpha value is -2.70. The normalized spacial score (nSPS) is 11.4. The minimum Gasteiger partial charge on any atom is -0.504 e. The third-order valence-electron chi connectivity index (χ3n) is 5.71. The fraction of sp³-hybridized carbons (Fsp3) is 0.462. The molecule has 2 aromatic rings. The predicted molar refractivity (Wildman–Crippen MR) is 130 cm³/mol. The molecule has 2 rings (SSSR count). The molecule has 0 atom stereocenters. The predicted octanol–water partition coefficient (Wildman–Crippen LogP) is 3.93. The second-order valence-corrected chi connectivity index (χ2v) is 7.90. The van der Waals surface area contributed by atoms with Gasteiger partial charge in [0.2, 0.25) is 0 Å². The zero-order valence-corrected chi connectivity index (χ0v) is 19.3. The van der Waals surface area contributed by atoms with Crippen LogP contribution in [0, 0.1) is 0 Å². The molecule has 6 N–H and O–H groups in total. The summed E-state index contributed by atoms with van der Waals surface area (Å²) in [5.41, 5.74) is 3.80. The van der Waals surface area contributed by atoms with E-state index in [0.29, 0.717) is 12.8 Å². The molecule has 0 saturated heterocycles. The van der Waals surface area contributed by atoms with Gasteiger partial charge in [-0.3, -0.25) is 0 Å². The van der Waals surface area contributed by atoms with Crippen molar-refractivity contribution in [1.82, 2.24) is 10.6 Å². The van der Waals surface area contributed by atoms with Crippen molar-refractivity contribution in [2.24, 2.45) is 0 Å². The standard InChI is InChI=1S/C26H38N2O4/c1-3-21-19(9-11-23(29)25(21)31)13-17-27-15-7-5-6-8-16-28-18-14-20-10-12-24(30)26(32)22(20)4-2/h5-6,9-12,27-32H,3-4,7-8,13-18H2,1-2H3. The van der Waals surface area contributed by atoms with Gasteiger partial charge in [0.1, 0.15) is 0 Å². The Bertz CT molecular complexity index is 809. The van der Waals surface area contributed by atoms with Crippen LogP contribution < -0.4 is 10.6 Å². The van der Waals surface area contributed by atoms with Crippen LogP contribution in [0.3, 0.4) is 0 Å². The molecule has 0 aromatic heterocycles. The van der Waals surface area contributed by atoms with E-state index in [9.17, 15) is 20.4 Å². The Morgan fingerprint density at radius 1 is 0.625 bits per heavy atom. The van der Waals surface area contributed by atoms with Gasteiger partial charge in [-0.05, 0) is 88.0 Å². The Kier molecular flexibility index (Phi) is 10.9. The number of hydrogen-bond donors (Lipinski definition) is 6.